The maximum atomic E-state index is 13.3. The molecule has 0 radical (unpaired) electrons. The first-order valence-electron chi connectivity index (χ1n) is 14.1. The molecule has 2 amide bonds. The van der Waals surface area contributed by atoms with Crippen molar-refractivity contribution in [1.82, 2.24) is 24.7 Å². The van der Waals surface area contributed by atoms with E-state index in [1.54, 1.807) is 4.57 Å². The Morgan fingerprint density at radius 2 is 1.69 bits per heavy atom. The predicted octanol–water partition coefficient (Wildman–Crippen LogP) is 4.08. The lowest BCUT2D eigenvalue weighted by Gasteiger charge is -2.35. The van der Waals surface area contributed by atoms with Gasteiger partial charge in [-0.25, -0.2) is 9.59 Å². The van der Waals surface area contributed by atoms with Crippen LogP contribution in [0.25, 0.3) is 11.3 Å². The first kappa shape index (κ1) is 26.2. The summed E-state index contributed by atoms with van der Waals surface area (Å²) in [6.45, 7) is 2.80. The van der Waals surface area contributed by atoms with Gasteiger partial charge in [0.1, 0.15) is 6.23 Å². The molecule has 0 spiro atoms. The molecule has 2 aliphatic heterocycles. The number of thioether (sulfide) groups is 1. The molecule has 39 heavy (non-hydrogen) atoms. The molecule has 3 atom stereocenters. The number of H-pyrrole nitrogens is 1. The summed E-state index contributed by atoms with van der Waals surface area (Å²) in [5, 5.41) is 14.8. The highest BCUT2D eigenvalue weighted by atomic mass is 32.2. The van der Waals surface area contributed by atoms with E-state index in [4.69, 9.17) is 0 Å². The molecule has 1 unspecified atom stereocenters. The van der Waals surface area contributed by atoms with Gasteiger partial charge in [0.05, 0.1) is 11.7 Å². The molecule has 206 valence electrons. The zero-order valence-corrected chi connectivity index (χ0v) is 22.9. The van der Waals surface area contributed by atoms with Crippen LogP contribution in [0.1, 0.15) is 42.5 Å². The van der Waals surface area contributed by atoms with E-state index >= 15 is 0 Å². The van der Waals surface area contributed by atoms with E-state index in [-0.39, 0.29) is 29.1 Å². The zero-order valence-electron chi connectivity index (χ0n) is 22.1. The van der Waals surface area contributed by atoms with Crippen LogP contribution in [0.3, 0.4) is 0 Å². The third kappa shape index (κ3) is 6.10. The van der Waals surface area contributed by atoms with Crippen LogP contribution in [0, 0.1) is 5.92 Å². The van der Waals surface area contributed by atoms with Gasteiger partial charge >= 0.3 is 11.7 Å². The molecule has 3 N–H and O–H groups in total. The molecule has 3 aliphatic rings. The van der Waals surface area contributed by atoms with Gasteiger partial charge in [0.2, 0.25) is 0 Å². The number of likely N-dealkylation sites (tertiary alicyclic amines) is 1. The van der Waals surface area contributed by atoms with E-state index < -0.39 is 6.23 Å². The highest BCUT2D eigenvalue weighted by Gasteiger charge is 2.37. The number of nitrogens with one attached hydrogen (secondary N) is 2. The second-order valence-electron chi connectivity index (χ2n) is 11.1. The van der Waals surface area contributed by atoms with Crippen molar-refractivity contribution in [2.45, 2.75) is 49.2 Å². The first-order valence-corrected chi connectivity index (χ1v) is 15.1. The Morgan fingerprint density at radius 3 is 2.38 bits per heavy atom. The van der Waals surface area contributed by atoms with Crippen molar-refractivity contribution in [3.63, 3.8) is 0 Å². The highest BCUT2D eigenvalue weighted by molar-refractivity contribution is 7.99. The fourth-order valence-electron chi connectivity index (χ4n) is 5.78. The summed E-state index contributed by atoms with van der Waals surface area (Å²) < 4.78 is 1.78. The fraction of sp³-hybridized carbons (Fsp3) is 0.467. The average Bonchev–Trinajstić information content (AvgIpc) is 3.74. The SMILES string of the molecule is O=C(N[C@@H]1CS[C@@H](c2ccccc2)CN(CC2CC2)C1O)N1CCC(n2cc(-c3ccccc3)[nH]c2=O)CC1. The molecule has 6 rings (SSSR count). The van der Waals surface area contributed by atoms with Gasteiger partial charge in [-0.05, 0) is 42.7 Å². The predicted molar refractivity (Wildman–Crippen MR) is 155 cm³/mol. The molecule has 2 aromatic carbocycles. The number of imidazole rings is 1. The Balaban J connectivity index is 1.08. The second-order valence-corrected chi connectivity index (χ2v) is 12.3. The largest absolute Gasteiger partial charge is 0.376 e. The van der Waals surface area contributed by atoms with Crippen molar-refractivity contribution in [3.05, 3.63) is 82.9 Å². The summed E-state index contributed by atoms with van der Waals surface area (Å²) in [6.07, 6.45) is 5.05. The minimum atomic E-state index is -0.705. The Kier molecular flexibility index (Phi) is 7.81. The topological polar surface area (TPSA) is 93.6 Å². The maximum absolute atomic E-state index is 13.3. The van der Waals surface area contributed by atoms with Crippen LogP contribution < -0.4 is 11.0 Å². The van der Waals surface area contributed by atoms with Crippen LogP contribution in [0.2, 0.25) is 0 Å². The number of aromatic nitrogens is 2. The van der Waals surface area contributed by atoms with Gasteiger partial charge in [0.25, 0.3) is 0 Å². The van der Waals surface area contributed by atoms with Crippen molar-refractivity contribution in [1.29, 1.82) is 0 Å². The molecule has 3 heterocycles. The van der Waals surface area contributed by atoms with E-state index in [2.05, 4.69) is 39.5 Å². The van der Waals surface area contributed by atoms with E-state index in [1.807, 2.05) is 59.3 Å². The van der Waals surface area contributed by atoms with E-state index in [0.29, 0.717) is 37.6 Å². The normalized spacial score (nSPS) is 24.8. The molecule has 3 aromatic rings. The van der Waals surface area contributed by atoms with E-state index in [1.165, 1.54) is 18.4 Å². The number of urea groups is 1. The van der Waals surface area contributed by atoms with Gasteiger partial charge in [-0.15, -0.1) is 0 Å². The number of nitrogens with zero attached hydrogens (tertiary/aromatic N) is 3. The summed E-state index contributed by atoms with van der Waals surface area (Å²) in [4.78, 5) is 33.0. The molecule has 8 nitrogen and oxygen atoms in total. The number of amides is 2. The van der Waals surface area contributed by atoms with Crippen LogP contribution in [0.15, 0.2) is 71.7 Å². The number of hydrogen-bond donors (Lipinski definition) is 3. The van der Waals surface area contributed by atoms with Crippen molar-refractivity contribution >= 4 is 17.8 Å². The van der Waals surface area contributed by atoms with Gasteiger partial charge in [-0.3, -0.25) is 9.47 Å². The lowest BCUT2D eigenvalue weighted by atomic mass is 10.1. The van der Waals surface area contributed by atoms with E-state index in [9.17, 15) is 14.7 Å². The smallest absolute Gasteiger partial charge is 0.326 e. The number of piperidine rings is 1. The Bertz CT molecular complexity index is 1300. The molecule has 0 bridgehead atoms. The number of aliphatic hydroxyl groups is 1. The fourth-order valence-corrected chi connectivity index (χ4v) is 7.12. The number of aromatic amines is 1. The van der Waals surface area contributed by atoms with Crippen LogP contribution in [0.5, 0.6) is 0 Å². The van der Waals surface area contributed by atoms with Crippen molar-refractivity contribution in [2.24, 2.45) is 5.92 Å². The highest BCUT2D eigenvalue weighted by Crippen LogP contribution is 2.37. The average molecular weight is 548 g/mol. The molecule has 1 aromatic heterocycles. The monoisotopic (exact) mass is 547 g/mol. The second kappa shape index (κ2) is 11.6. The molecule has 3 fully saturated rings. The number of aliphatic hydroxyl groups excluding tert-OH is 1. The van der Waals surface area contributed by atoms with Gasteiger partial charge in [-0.1, -0.05) is 60.7 Å². The minimum Gasteiger partial charge on any atom is -0.376 e. The lowest BCUT2D eigenvalue weighted by molar-refractivity contribution is -0.0173. The van der Waals surface area contributed by atoms with Crippen LogP contribution >= 0.6 is 11.8 Å². The van der Waals surface area contributed by atoms with Crippen LogP contribution in [-0.4, -0.2) is 74.7 Å². The summed E-state index contributed by atoms with van der Waals surface area (Å²) >= 11 is 1.81. The molecule has 2 saturated heterocycles. The summed E-state index contributed by atoms with van der Waals surface area (Å²) in [7, 11) is 0. The first-order chi connectivity index (χ1) is 19.0. The Hall–Kier alpha value is -3.01. The van der Waals surface area contributed by atoms with Gasteiger partial charge in [-0.2, -0.15) is 11.8 Å². The van der Waals surface area contributed by atoms with Crippen LogP contribution in [-0.2, 0) is 0 Å². The number of carbonyl (C=O) groups is 1. The molecule has 9 heteroatoms. The van der Waals surface area contributed by atoms with Gasteiger partial charge < -0.3 is 20.3 Å². The minimum absolute atomic E-state index is 0.0509. The molecular formula is C30H37N5O3S. The van der Waals surface area contributed by atoms with Gasteiger partial charge in [0.15, 0.2) is 0 Å². The van der Waals surface area contributed by atoms with Crippen LogP contribution in [0.4, 0.5) is 4.79 Å². The molecule has 1 saturated carbocycles. The number of carbonyl (C=O) groups excluding carboxylic acids is 1. The third-order valence-corrected chi connectivity index (χ3v) is 9.63. The van der Waals surface area contributed by atoms with Crippen molar-refractivity contribution in [2.75, 3.05) is 31.9 Å². The summed E-state index contributed by atoms with van der Waals surface area (Å²) in [5.74, 6) is 1.30. The Labute approximate surface area is 233 Å². The maximum Gasteiger partial charge on any atom is 0.326 e. The number of hydrogen-bond acceptors (Lipinski definition) is 5. The summed E-state index contributed by atoms with van der Waals surface area (Å²) in [5.41, 5.74) is 2.94. The zero-order chi connectivity index (χ0) is 26.8. The third-order valence-electron chi connectivity index (χ3n) is 8.26. The van der Waals surface area contributed by atoms with E-state index in [0.717, 1.165) is 24.3 Å². The number of rotatable bonds is 6. The number of benzene rings is 2. The Morgan fingerprint density at radius 1 is 1.00 bits per heavy atom. The van der Waals surface area contributed by atoms with Crippen molar-refractivity contribution < 1.29 is 9.90 Å². The lowest BCUT2D eigenvalue weighted by Crippen LogP contribution is -2.56. The summed E-state index contributed by atoms with van der Waals surface area (Å²) in [6, 6.07) is 19.9. The molecular weight excluding hydrogens is 510 g/mol. The quantitative estimate of drug-likeness (QED) is 0.433. The van der Waals surface area contributed by atoms with Gasteiger partial charge in [0, 0.05) is 49.4 Å². The van der Waals surface area contributed by atoms with Crippen molar-refractivity contribution in [3.8, 4) is 11.3 Å². The molecule has 1 aliphatic carbocycles. The standard InChI is InChI=1S/C30H37N5O3S/c36-28-26(20-39-27(23-9-5-2-6-10-23)19-34(28)17-21-11-12-21)32-29(37)33-15-13-24(14-16-33)35-18-25(31-30(35)38)22-7-3-1-4-8-22/h1-10,18,21,24,26-28,36H,11-17,19-20H2,(H,31,38)(H,32,37)/t26-,27-,28?/m1/s1.